The highest BCUT2D eigenvalue weighted by Gasteiger charge is 2.37. The van der Waals surface area contributed by atoms with Crippen molar-refractivity contribution in [2.45, 2.75) is 45.3 Å². The van der Waals surface area contributed by atoms with Crippen molar-refractivity contribution in [3.05, 3.63) is 30.1 Å². The summed E-state index contributed by atoms with van der Waals surface area (Å²) >= 11 is 0. The molecule has 1 aliphatic rings. The molecule has 1 aromatic rings. The molecule has 2 rings (SSSR count). The first-order valence-corrected chi connectivity index (χ1v) is 8.80. The van der Waals surface area contributed by atoms with Crippen LogP contribution < -0.4 is 4.74 Å². The van der Waals surface area contributed by atoms with Gasteiger partial charge in [-0.15, -0.1) is 0 Å². The number of likely N-dealkylation sites (N-methyl/N-ethyl adjacent to an activating group) is 1. The predicted octanol–water partition coefficient (Wildman–Crippen LogP) is 3.06. The summed E-state index contributed by atoms with van der Waals surface area (Å²) in [5, 5.41) is 0. The number of carbonyl (C=O) groups excluding carboxylic acids is 2. The summed E-state index contributed by atoms with van der Waals surface area (Å²) in [6, 6.07) is 5.22. The molecule has 1 fully saturated rings. The maximum Gasteiger partial charge on any atom is 0.410 e. The average Bonchev–Trinajstić information content (AvgIpc) is 3.04. The van der Waals surface area contributed by atoms with Gasteiger partial charge < -0.3 is 14.4 Å². The Bertz CT molecular complexity index is 627. The minimum Gasteiger partial charge on any atom is -0.492 e. The summed E-state index contributed by atoms with van der Waals surface area (Å²) in [6.07, 6.45) is 0.945. The van der Waals surface area contributed by atoms with Crippen LogP contribution in [0.2, 0.25) is 0 Å². The van der Waals surface area contributed by atoms with E-state index in [4.69, 9.17) is 9.47 Å². The predicted molar refractivity (Wildman–Crippen MR) is 95.5 cm³/mol. The number of likely N-dealkylation sites (tertiary alicyclic amines) is 1. The Morgan fingerprint density at radius 1 is 1.27 bits per heavy atom. The zero-order chi connectivity index (χ0) is 19.3. The lowest BCUT2D eigenvalue weighted by molar-refractivity contribution is -0.134. The fourth-order valence-corrected chi connectivity index (χ4v) is 2.76. The molecule has 1 aromatic carbocycles. The lowest BCUT2D eigenvalue weighted by atomic mass is 10.2. The van der Waals surface area contributed by atoms with Gasteiger partial charge in [0.15, 0.2) is 0 Å². The number of hydrogen-bond acceptors (Lipinski definition) is 4. The van der Waals surface area contributed by atoms with Gasteiger partial charge in [-0.05, 0) is 57.9 Å². The van der Waals surface area contributed by atoms with E-state index in [9.17, 15) is 14.0 Å². The smallest absolute Gasteiger partial charge is 0.410 e. The number of halogens is 1. The highest BCUT2D eigenvalue weighted by atomic mass is 19.1. The molecule has 1 unspecified atom stereocenters. The largest absolute Gasteiger partial charge is 0.492 e. The van der Waals surface area contributed by atoms with Crippen LogP contribution in [0.5, 0.6) is 5.75 Å². The van der Waals surface area contributed by atoms with Crippen molar-refractivity contribution in [3.63, 3.8) is 0 Å². The van der Waals surface area contributed by atoms with E-state index in [0.717, 1.165) is 6.42 Å². The Hall–Kier alpha value is -2.31. The molecule has 0 aliphatic carbocycles. The summed E-state index contributed by atoms with van der Waals surface area (Å²) < 4.78 is 23.8. The molecule has 0 radical (unpaired) electrons. The fourth-order valence-electron chi connectivity index (χ4n) is 2.76. The first-order valence-electron chi connectivity index (χ1n) is 8.80. The number of rotatable bonds is 5. The normalized spacial score (nSPS) is 17.1. The Kier molecular flexibility index (Phi) is 6.45. The highest BCUT2D eigenvalue weighted by Crippen LogP contribution is 2.22. The van der Waals surface area contributed by atoms with Gasteiger partial charge in [-0.25, -0.2) is 9.18 Å². The zero-order valence-electron chi connectivity index (χ0n) is 15.8. The summed E-state index contributed by atoms with van der Waals surface area (Å²) in [4.78, 5) is 28.0. The topological polar surface area (TPSA) is 59.1 Å². The third-order valence-electron chi connectivity index (χ3n) is 4.05. The minimum absolute atomic E-state index is 0.129. The second kappa shape index (κ2) is 8.38. The third-order valence-corrected chi connectivity index (χ3v) is 4.05. The van der Waals surface area contributed by atoms with Gasteiger partial charge in [-0.1, -0.05) is 0 Å². The van der Waals surface area contributed by atoms with Crippen LogP contribution in [0.3, 0.4) is 0 Å². The van der Waals surface area contributed by atoms with E-state index in [1.54, 1.807) is 44.9 Å². The molecular weight excluding hydrogens is 339 g/mol. The van der Waals surface area contributed by atoms with Crippen LogP contribution >= 0.6 is 0 Å². The van der Waals surface area contributed by atoms with Gasteiger partial charge in [0.2, 0.25) is 5.91 Å². The van der Waals surface area contributed by atoms with Crippen molar-refractivity contribution >= 4 is 12.0 Å². The molecule has 26 heavy (non-hydrogen) atoms. The number of carbonyl (C=O) groups is 2. The number of nitrogens with zero attached hydrogens (tertiary/aromatic N) is 2. The van der Waals surface area contributed by atoms with Gasteiger partial charge in [-0.2, -0.15) is 0 Å². The number of ether oxygens (including phenoxy) is 2. The molecule has 1 aliphatic heterocycles. The van der Waals surface area contributed by atoms with E-state index >= 15 is 0 Å². The minimum atomic E-state index is -0.595. The van der Waals surface area contributed by atoms with Crippen molar-refractivity contribution in [2.24, 2.45) is 0 Å². The van der Waals surface area contributed by atoms with Crippen molar-refractivity contribution < 1.29 is 23.5 Å². The Balaban J connectivity index is 1.85. The lowest BCUT2D eigenvalue weighted by Gasteiger charge is -2.30. The molecule has 2 amide bonds. The monoisotopic (exact) mass is 366 g/mol. The Morgan fingerprint density at radius 2 is 1.92 bits per heavy atom. The molecule has 1 saturated heterocycles. The van der Waals surface area contributed by atoms with Crippen molar-refractivity contribution in [3.8, 4) is 5.75 Å². The third kappa shape index (κ3) is 5.61. The molecule has 7 heteroatoms. The molecule has 6 nitrogen and oxygen atoms in total. The van der Waals surface area contributed by atoms with E-state index in [1.165, 1.54) is 17.0 Å². The lowest BCUT2D eigenvalue weighted by Crippen LogP contribution is -2.48. The maximum atomic E-state index is 12.9. The standard InChI is InChI=1S/C19H27FN2O4/c1-19(2,3)26-18(24)22-11-5-6-16(22)17(23)21(4)12-13-25-15-9-7-14(20)8-10-15/h7-10,16H,5-6,11-13H2,1-4H3. The SMILES string of the molecule is CN(CCOc1ccc(F)cc1)C(=O)C1CCCN1C(=O)OC(C)(C)C. The average molecular weight is 366 g/mol. The van der Waals surface area contributed by atoms with Crippen LogP contribution in [-0.4, -0.2) is 60.2 Å². The highest BCUT2D eigenvalue weighted by molar-refractivity contribution is 5.86. The molecular formula is C19H27FN2O4. The van der Waals surface area contributed by atoms with Crippen LogP contribution in [0.25, 0.3) is 0 Å². The second-order valence-electron chi connectivity index (χ2n) is 7.39. The van der Waals surface area contributed by atoms with Crippen molar-refractivity contribution in [1.29, 1.82) is 0 Å². The van der Waals surface area contributed by atoms with E-state index in [1.807, 2.05) is 0 Å². The molecule has 0 saturated carbocycles. The van der Waals surface area contributed by atoms with Gasteiger partial charge >= 0.3 is 6.09 Å². The van der Waals surface area contributed by atoms with Gasteiger partial charge in [0.1, 0.15) is 29.8 Å². The van der Waals surface area contributed by atoms with Crippen LogP contribution in [-0.2, 0) is 9.53 Å². The van der Waals surface area contributed by atoms with Crippen LogP contribution in [0.15, 0.2) is 24.3 Å². The Morgan fingerprint density at radius 3 is 2.54 bits per heavy atom. The van der Waals surface area contributed by atoms with Crippen LogP contribution in [0.4, 0.5) is 9.18 Å². The van der Waals surface area contributed by atoms with Crippen LogP contribution in [0.1, 0.15) is 33.6 Å². The summed E-state index contributed by atoms with van der Waals surface area (Å²) in [7, 11) is 1.68. The first kappa shape index (κ1) is 20.0. The molecule has 0 aromatic heterocycles. The van der Waals surface area contributed by atoms with Crippen molar-refractivity contribution in [2.75, 3.05) is 26.7 Å². The van der Waals surface area contributed by atoms with E-state index in [2.05, 4.69) is 0 Å². The van der Waals surface area contributed by atoms with E-state index in [-0.39, 0.29) is 18.3 Å². The van der Waals surface area contributed by atoms with Gasteiger partial charge in [0.05, 0.1) is 6.54 Å². The molecule has 144 valence electrons. The zero-order valence-corrected chi connectivity index (χ0v) is 15.8. The van der Waals surface area contributed by atoms with Gasteiger partial charge in [-0.3, -0.25) is 9.69 Å². The second-order valence-corrected chi connectivity index (χ2v) is 7.39. The van der Waals surface area contributed by atoms with Gasteiger partial charge in [0, 0.05) is 13.6 Å². The van der Waals surface area contributed by atoms with Gasteiger partial charge in [0.25, 0.3) is 0 Å². The van der Waals surface area contributed by atoms with E-state index < -0.39 is 17.7 Å². The van der Waals surface area contributed by atoms with Crippen LogP contribution in [0, 0.1) is 5.82 Å². The summed E-state index contributed by atoms with van der Waals surface area (Å²) in [6.45, 7) is 6.58. The fraction of sp³-hybridized carbons (Fsp3) is 0.579. The molecule has 1 atom stereocenters. The summed E-state index contributed by atoms with van der Waals surface area (Å²) in [5.74, 6) is 0.0904. The van der Waals surface area contributed by atoms with Crippen molar-refractivity contribution in [1.82, 2.24) is 9.80 Å². The number of amides is 2. The van der Waals surface area contributed by atoms with E-state index in [0.29, 0.717) is 25.3 Å². The maximum absolute atomic E-state index is 12.9. The summed E-state index contributed by atoms with van der Waals surface area (Å²) in [5.41, 5.74) is -0.595. The molecule has 1 heterocycles. The molecule has 0 N–H and O–H groups in total. The molecule has 0 spiro atoms. The Labute approximate surface area is 153 Å². The number of benzene rings is 1. The molecule has 0 bridgehead atoms. The number of hydrogen-bond donors (Lipinski definition) is 0. The first-order chi connectivity index (χ1) is 12.2. The quantitative estimate of drug-likeness (QED) is 0.804.